The summed E-state index contributed by atoms with van der Waals surface area (Å²) in [6, 6.07) is 5.27. The Morgan fingerprint density at radius 1 is 1.33 bits per heavy atom. The van der Waals surface area contributed by atoms with Gasteiger partial charge in [0.25, 0.3) is 10.2 Å². The smallest absolute Gasteiger partial charge is 0.268 e. The molecular weight excluding hydrogens is 257 g/mol. The van der Waals surface area contributed by atoms with E-state index in [2.05, 4.69) is 9.44 Å². The summed E-state index contributed by atoms with van der Waals surface area (Å²) in [6.45, 7) is 5.00. The number of nitrogens with zero attached hydrogens (tertiary/aromatic N) is 1. The van der Waals surface area contributed by atoms with Gasteiger partial charge in [0, 0.05) is 5.54 Å². The second-order valence-electron chi connectivity index (χ2n) is 4.76. The van der Waals surface area contributed by atoms with Gasteiger partial charge in [-0.25, -0.2) is 4.39 Å². The van der Waals surface area contributed by atoms with Crippen molar-refractivity contribution in [1.82, 2.24) is 4.72 Å². The lowest BCUT2D eigenvalue weighted by Gasteiger charge is -2.21. The van der Waals surface area contributed by atoms with Crippen LogP contribution in [0.1, 0.15) is 26.3 Å². The van der Waals surface area contributed by atoms with Crippen LogP contribution in [0.4, 0.5) is 10.1 Å². The number of nitriles is 1. The van der Waals surface area contributed by atoms with Crippen LogP contribution in [0.3, 0.4) is 0 Å². The molecule has 1 aromatic rings. The number of hydrogen-bond acceptors (Lipinski definition) is 3. The van der Waals surface area contributed by atoms with Crippen LogP contribution in [0, 0.1) is 17.1 Å². The number of hydrogen-bond donors (Lipinski definition) is 2. The van der Waals surface area contributed by atoms with E-state index in [1.165, 1.54) is 12.1 Å². The van der Waals surface area contributed by atoms with Gasteiger partial charge in [0.2, 0.25) is 0 Å². The zero-order valence-electron chi connectivity index (χ0n) is 10.3. The van der Waals surface area contributed by atoms with E-state index in [4.69, 9.17) is 5.26 Å². The molecule has 1 aromatic carbocycles. The van der Waals surface area contributed by atoms with Crippen molar-refractivity contribution in [3.63, 3.8) is 0 Å². The molecule has 0 heterocycles. The third kappa shape index (κ3) is 4.31. The lowest BCUT2D eigenvalue weighted by atomic mass is 10.1. The second-order valence-corrected chi connectivity index (χ2v) is 6.18. The summed E-state index contributed by atoms with van der Waals surface area (Å²) in [6.07, 6.45) is 0. The van der Waals surface area contributed by atoms with Crippen LogP contribution in [0.25, 0.3) is 0 Å². The molecule has 0 aliphatic rings. The summed E-state index contributed by atoms with van der Waals surface area (Å²) in [4.78, 5) is 0. The monoisotopic (exact) mass is 271 g/mol. The van der Waals surface area contributed by atoms with Gasteiger partial charge in [-0.3, -0.25) is 4.72 Å². The van der Waals surface area contributed by atoms with Gasteiger partial charge in [0.15, 0.2) is 0 Å². The summed E-state index contributed by atoms with van der Waals surface area (Å²) in [5.41, 5.74) is -0.750. The zero-order valence-corrected chi connectivity index (χ0v) is 11.1. The van der Waals surface area contributed by atoms with E-state index in [1.54, 1.807) is 26.8 Å². The number of rotatable bonds is 3. The summed E-state index contributed by atoms with van der Waals surface area (Å²) >= 11 is 0. The molecule has 98 valence electrons. The predicted molar refractivity (Wildman–Crippen MR) is 66.5 cm³/mol. The van der Waals surface area contributed by atoms with Crippen LogP contribution in [0.15, 0.2) is 18.2 Å². The molecule has 18 heavy (non-hydrogen) atoms. The Balaban J connectivity index is 2.96. The van der Waals surface area contributed by atoms with Crippen LogP contribution >= 0.6 is 0 Å². The zero-order chi connectivity index (χ0) is 14.0. The topological polar surface area (TPSA) is 82.0 Å². The predicted octanol–water partition coefficient (Wildman–Crippen LogP) is 1.74. The lowest BCUT2D eigenvalue weighted by molar-refractivity contribution is 0.494. The minimum Gasteiger partial charge on any atom is -0.268 e. The average molecular weight is 271 g/mol. The van der Waals surface area contributed by atoms with Gasteiger partial charge in [-0.1, -0.05) is 0 Å². The molecule has 0 aliphatic heterocycles. The first-order valence-electron chi connectivity index (χ1n) is 5.14. The van der Waals surface area contributed by atoms with Gasteiger partial charge in [-0.15, -0.1) is 0 Å². The molecule has 0 unspecified atom stereocenters. The Morgan fingerprint density at radius 3 is 2.39 bits per heavy atom. The molecule has 0 aromatic heterocycles. The molecule has 0 fully saturated rings. The SMILES string of the molecule is CC(C)(C)NS(=O)(=O)Nc1ccc(C#N)cc1F. The maximum atomic E-state index is 13.5. The normalized spacial score (nSPS) is 11.9. The van der Waals surface area contributed by atoms with Crippen molar-refractivity contribution >= 4 is 15.9 Å². The van der Waals surface area contributed by atoms with Crippen LogP contribution in [0.5, 0.6) is 0 Å². The van der Waals surface area contributed by atoms with Crippen molar-refractivity contribution in [2.24, 2.45) is 0 Å². The lowest BCUT2D eigenvalue weighted by Crippen LogP contribution is -2.43. The summed E-state index contributed by atoms with van der Waals surface area (Å²) in [5, 5.41) is 8.57. The average Bonchev–Trinajstić information content (AvgIpc) is 2.17. The highest BCUT2D eigenvalue weighted by atomic mass is 32.2. The van der Waals surface area contributed by atoms with E-state index in [0.29, 0.717) is 0 Å². The Kier molecular flexibility index (Phi) is 3.94. The minimum absolute atomic E-state index is 0.124. The second kappa shape index (κ2) is 4.92. The summed E-state index contributed by atoms with van der Waals surface area (Å²) in [5.74, 6) is -0.798. The molecule has 1 rings (SSSR count). The van der Waals surface area contributed by atoms with E-state index in [-0.39, 0.29) is 11.3 Å². The Bertz CT molecular complexity index is 585. The fraction of sp³-hybridized carbons (Fsp3) is 0.364. The molecule has 0 radical (unpaired) electrons. The van der Waals surface area contributed by atoms with Crippen molar-refractivity contribution in [3.8, 4) is 6.07 Å². The number of benzene rings is 1. The van der Waals surface area contributed by atoms with Crippen molar-refractivity contribution in [2.45, 2.75) is 26.3 Å². The van der Waals surface area contributed by atoms with E-state index in [0.717, 1.165) is 6.07 Å². The number of nitrogens with one attached hydrogen (secondary N) is 2. The number of halogens is 1. The molecule has 0 amide bonds. The molecule has 0 saturated carbocycles. The summed E-state index contributed by atoms with van der Waals surface area (Å²) in [7, 11) is -3.86. The van der Waals surface area contributed by atoms with Gasteiger partial charge in [0.05, 0.1) is 17.3 Å². The molecule has 7 heteroatoms. The van der Waals surface area contributed by atoms with Crippen molar-refractivity contribution < 1.29 is 12.8 Å². The highest BCUT2D eigenvalue weighted by molar-refractivity contribution is 7.90. The maximum Gasteiger partial charge on any atom is 0.299 e. The molecule has 0 spiro atoms. The fourth-order valence-corrected chi connectivity index (χ4v) is 2.55. The van der Waals surface area contributed by atoms with Gasteiger partial charge in [-0.05, 0) is 39.0 Å². The van der Waals surface area contributed by atoms with Gasteiger partial charge >= 0.3 is 0 Å². The van der Waals surface area contributed by atoms with Crippen LogP contribution in [-0.4, -0.2) is 14.0 Å². The van der Waals surface area contributed by atoms with Crippen molar-refractivity contribution in [2.75, 3.05) is 4.72 Å². The fourth-order valence-electron chi connectivity index (χ4n) is 1.24. The Morgan fingerprint density at radius 2 is 1.94 bits per heavy atom. The van der Waals surface area contributed by atoms with E-state index in [9.17, 15) is 12.8 Å². The molecular formula is C11H14FN3O2S. The van der Waals surface area contributed by atoms with E-state index in [1.807, 2.05) is 0 Å². The van der Waals surface area contributed by atoms with Crippen molar-refractivity contribution in [3.05, 3.63) is 29.6 Å². The first-order valence-corrected chi connectivity index (χ1v) is 6.63. The van der Waals surface area contributed by atoms with Crippen LogP contribution in [0.2, 0.25) is 0 Å². The molecule has 2 N–H and O–H groups in total. The molecule has 0 aliphatic carbocycles. The Hall–Kier alpha value is -1.65. The van der Waals surface area contributed by atoms with Gasteiger partial charge < -0.3 is 0 Å². The van der Waals surface area contributed by atoms with Crippen molar-refractivity contribution in [1.29, 1.82) is 5.26 Å². The summed E-state index contributed by atoms with van der Waals surface area (Å²) < 4.78 is 41.2. The van der Waals surface area contributed by atoms with E-state index >= 15 is 0 Å². The molecule has 0 atom stereocenters. The van der Waals surface area contributed by atoms with E-state index < -0.39 is 21.6 Å². The molecule has 0 saturated heterocycles. The van der Waals surface area contributed by atoms with Crippen LogP contribution < -0.4 is 9.44 Å². The first kappa shape index (κ1) is 14.4. The molecule has 0 bridgehead atoms. The largest absolute Gasteiger partial charge is 0.299 e. The van der Waals surface area contributed by atoms with Crippen LogP contribution in [-0.2, 0) is 10.2 Å². The Labute approximate surface area is 106 Å². The minimum atomic E-state index is -3.86. The quantitative estimate of drug-likeness (QED) is 0.878. The van der Waals surface area contributed by atoms with Gasteiger partial charge in [-0.2, -0.15) is 18.4 Å². The maximum absolute atomic E-state index is 13.5. The molecule has 5 nitrogen and oxygen atoms in total. The third-order valence-corrected chi connectivity index (χ3v) is 3.15. The number of anilines is 1. The first-order chi connectivity index (χ1) is 8.13. The third-order valence-electron chi connectivity index (χ3n) is 1.78. The highest BCUT2D eigenvalue weighted by Crippen LogP contribution is 2.17. The van der Waals surface area contributed by atoms with Gasteiger partial charge in [0.1, 0.15) is 5.82 Å². The highest BCUT2D eigenvalue weighted by Gasteiger charge is 2.20. The standard InChI is InChI=1S/C11H14FN3O2S/c1-11(2,3)15-18(16,17)14-10-5-4-8(7-13)6-9(10)12/h4-6,14-15H,1-3H3.